The quantitative estimate of drug-likeness (QED) is 0.688. The molecule has 1 saturated heterocycles. The summed E-state index contributed by atoms with van der Waals surface area (Å²) in [5, 5.41) is -0.160. The second-order valence-electron chi connectivity index (χ2n) is 5.77. The molecule has 1 aromatic carbocycles. The number of halogens is 1. The van der Waals surface area contributed by atoms with Gasteiger partial charge in [-0.05, 0) is 30.0 Å². The molecule has 2 heterocycles. The van der Waals surface area contributed by atoms with Crippen LogP contribution < -0.4 is 0 Å². The molecule has 108 valence electrons. The lowest BCUT2D eigenvalue weighted by Crippen LogP contribution is -2.32. The Morgan fingerprint density at radius 1 is 1.24 bits per heavy atom. The summed E-state index contributed by atoms with van der Waals surface area (Å²) in [4.78, 5) is 15.9. The molecular formula is C17H17ClN2O. The van der Waals surface area contributed by atoms with Gasteiger partial charge in [0.1, 0.15) is 5.82 Å². The third-order valence-electron chi connectivity index (χ3n) is 4.63. The van der Waals surface area contributed by atoms with Gasteiger partial charge in [0.25, 0.3) is 0 Å². The van der Waals surface area contributed by atoms with Crippen molar-refractivity contribution in [1.82, 2.24) is 9.80 Å². The predicted molar refractivity (Wildman–Crippen MR) is 83.5 cm³/mol. The Balaban J connectivity index is 1.82. The van der Waals surface area contributed by atoms with E-state index in [1.54, 1.807) is 6.92 Å². The number of alkyl halides is 1. The lowest BCUT2D eigenvalue weighted by atomic mass is 9.85. The van der Waals surface area contributed by atoms with Gasteiger partial charge in [0.05, 0.1) is 5.38 Å². The molecule has 0 radical (unpaired) electrons. The van der Waals surface area contributed by atoms with Gasteiger partial charge in [-0.3, -0.25) is 9.69 Å². The smallest absolute Gasteiger partial charge is 0.225 e. The molecule has 1 aliphatic carbocycles. The number of rotatable bonds is 0. The lowest BCUT2D eigenvalue weighted by Gasteiger charge is -2.36. The van der Waals surface area contributed by atoms with Crippen LogP contribution in [0.25, 0.3) is 5.57 Å². The number of nitrogens with zero attached hydrogens (tertiary/aromatic N) is 2. The van der Waals surface area contributed by atoms with Crippen molar-refractivity contribution in [3.05, 3.63) is 53.0 Å². The first-order valence-corrected chi connectivity index (χ1v) is 7.83. The van der Waals surface area contributed by atoms with Gasteiger partial charge < -0.3 is 4.90 Å². The Labute approximate surface area is 129 Å². The fraction of sp³-hybridized carbons (Fsp3) is 0.353. The van der Waals surface area contributed by atoms with Crippen LogP contribution >= 0.6 is 11.6 Å². The zero-order valence-electron chi connectivity index (χ0n) is 12.0. The molecule has 0 bridgehead atoms. The number of hydrogen-bond acceptors (Lipinski definition) is 2. The van der Waals surface area contributed by atoms with Crippen LogP contribution in [-0.2, 0) is 11.2 Å². The molecule has 1 fully saturated rings. The van der Waals surface area contributed by atoms with Gasteiger partial charge in [-0.1, -0.05) is 24.3 Å². The molecular weight excluding hydrogens is 284 g/mol. The second kappa shape index (κ2) is 4.63. The predicted octanol–water partition coefficient (Wildman–Crippen LogP) is 2.97. The van der Waals surface area contributed by atoms with Crippen molar-refractivity contribution < 1.29 is 4.79 Å². The van der Waals surface area contributed by atoms with E-state index in [-0.39, 0.29) is 11.3 Å². The van der Waals surface area contributed by atoms with E-state index in [0.717, 1.165) is 31.8 Å². The zero-order valence-corrected chi connectivity index (χ0v) is 12.7. The summed E-state index contributed by atoms with van der Waals surface area (Å²) >= 11 is 6.66. The summed E-state index contributed by atoms with van der Waals surface area (Å²) in [5.74, 6) is 1.06. The number of carbonyl (C=O) groups is 1. The molecule has 0 aromatic heterocycles. The van der Waals surface area contributed by atoms with Crippen molar-refractivity contribution in [1.29, 1.82) is 0 Å². The van der Waals surface area contributed by atoms with Crippen molar-refractivity contribution in [2.75, 3.05) is 13.1 Å². The third-order valence-corrected chi connectivity index (χ3v) is 4.97. The summed E-state index contributed by atoms with van der Waals surface area (Å²) in [7, 11) is 0. The summed E-state index contributed by atoms with van der Waals surface area (Å²) in [6.45, 7) is 3.24. The molecule has 0 spiro atoms. The van der Waals surface area contributed by atoms with Crippen LogP contribution in [0.3, 0.4) is 0 Å². The maximum atomic E-state index is 11.8. The summed E-state index contributed by atoms with van der Waals surface area (Å²) in [6.07, 6.45) is 4.07. The van der Waals surface area contributed by atoms with Crippen LogP contribution in [0.5, 0.6) is 0 Å². The van der Waals surface area contributed by atoms with Crippen LogP contribution in [0.1, 0.15) is 24.5 Å². The SMILES string of the molecule is CC(=O)N1CCN2C1=CC(Cl)C1=C2CCc2ccccc21. The van der Waals surface area contributed by atoms with Crippen molar-refractivity contribution >= 4 is 23.1 Å². The fourth-order valence-corrected chi connectivity index (χ4v) is 4.05. The van der Waals surface area contributed by atoms with E-state index >= 15 is 0 Å². The average molecular weight is 301 g/mol. The first kappa shape index (κ1) is 13.0. The highest BCUT2D eigenvalue weighted by Gasteiger charge is 2.38. The first-order valence-electron chi connectivity index (χ1n) is 7.39. The molecule has 0 N–H and O–H groups in total. The first-order chi connectivity index (χ1) is 10.2. The van der Waals surface area contributed by atoms with Crippen LogP contribution in [-0.4, -0.2) is 34.2 Å². The van der Waals surface area contributed by atoms with Gasteiger partial charge in [-0.2, -0.15) is 0 Å². The minimum Gasteiger partial charge on any atom is -0.330 e. The third kappa shape index (κ3) is 1.84. The van der Waals surface area contributed by atoms with Crippen molar-refractivity contribution in [3.8, 4) is 0 Å². The Bertz CT molecular complexity index is 692. The van der Waals surface area contributed by atoms with Gasteiger partial charge in [0.2, 0.25) is 5.91 Å². The molecule has 21 heavy (non-hydrogen) atoms. The topological polar surface area (TPSA) is 23.6 Å². The number of fused-ring (bicyclic) bond motifs is 4. The highest BCUT2D eigenvalue weighted by molar-refractivity contribution is 6.28. The number of aryl methyl sites for hydroxylation is 1. The van der Waals surface area contributed by atoms with E-state index in [1.807, 2.05) is 11.0 Å². The van der Waals surface area contributed by atoms with Gasteiger partial charge >= 0.3 is 0 Å². The standard InChI is InChI=1S/C17H17ClN2O/c1-11(21)19-8-9-20-15-7-6-12-4-2-3-5-13(12)17(15)14(18)10-16(19)20/h2-5,10,14H,6-9H2,1H3. The molecule has 1 amide bonds. The summed E-state index contributed by atoms with van der Waals surface area (Å²) < 4.78 is 0. The zero-order chi connectivity index (χ0) is 14.6. The number of hydrogen-bond donors (Lipinski definition) is 0. The molecule has 0 saturated carbocycles. The Kier molecular flexibility index (Phi) is 2.86. The maximum absolute atomic E-state index is 11.8. The van der Waals surface area contributed by atoms with E-state index < -0.39 is 0 Å². The number of carbonyl (C=O) groups excluding carboxylic acids is 1. The van der Waals surface area contributed by atoms with E-state index in [0.29, 0.717) is 0 Å². The van der Waals surface area contributed by atoms with E-state index in [4.69, 9.17) is 11.6 Å². The highest BCUT2D eigenvalue weighted by Crippen LogP contribution is 2.43. The maximum Gasteiger partial charge on any atom is 0.225 e. The van der Waals surface area contributed by atoms with E-state index in [9.17, 15) is 4.79 Å². The van der Waals surface area contributed by atoms with Gasteiger partial charge in [-0.25, -0.2) is 0 Å². The van der Waals surface area contributed by atoms with Gasteiger partial charge in [-0.15, -0.1) is 11.6 Å². The monoisotopic (exact) mass is 300 g/mol. The molecule has 1 unspecified atom stereocenters. The Morgan fingerprint density at radius 2 is 2.05 bits per heavy atom. The van der Waals surface area contributed by atoms with Crippen LogP contribution in [0, 0.1) is 0 Å². The Hall–Kier alpha value is -1.74. The van der Waals surface area contributed by atoms with Crippen LogP contribution in [0.2, 0.25) is 0 Å². The average Bonchev–Trinajstić information content (AvgIpc) is 2.90. The molecule has 2 aliphatic heterocycles. The highest BCUT2D eigenvalue weighted by atomic mass is 35.5. The number of allylic oxidation sites excluding steroid dienone is 3. The molecule has 4 rings (SSSR count). The molecule has 4 heteroatoms. The minimum atomic E-state index is -0.160. The van der Waals surface area contributed by atoms with E-state index in [1.165, 1.54) is 22.4 Å². The Morgan fingerprint density at radius 3 is 2.86 bits per heavy atom. The number of amides is 1. The normalized spacial score (nSPS) is 23.5. The van der Waals surface area contributed by atoms with Crippen molar-refractivity contribution in [2.24, 2.45) is 0 Å². The molecule has 3 nitrogen and oxygen atoms in total. The molecule has 3 aliphatic rings. The second-order valence-corrected chi connectivity index (χ2v) is 6.24. The van der Waals surface area contributed by atoms with Crippen LogP contribution in [0.4, 0.5) is 0 Å². The molecule has 1 atom stereocenters. The van der Waals surface area contributed by atoms with Crippen molar-refractivity contribution in [3.63, 3.8) is 0 Å². The largest absolute Gasteiger partial charge is 0.330 e. The fourth-order valence-electron chi connectivity index (χ4n) is 3.69. The van der Waals surface area contributed by atoms with Gasteiger partial charge in [0, 0.05) is 31.3 Å². The van der Waals surface area contributed by atoms with E-state index in [2.05, 4.69) is 29.2 Å². The van der Waals surface area contributed by atoms with Crippen molar-refractivity contribution in [2.45, 2.75) is 25.1 Å². The number of benzene rings is 1. The lowest BCUT2D eigenvalue weighted by molar-refractivity contribution is -0.126. The summed E-state index contributed by atoms with van der Waals surface area (Å²) in [6, 6.07) is 8.51. The molecule has 1 aromatic rings. The summed E-state index contributed by atoms with van der Waals surface area (Å²) in [5.41, 5.74) is 5.18. The minimum absolute atomic E-state index is 0.0906. The van der Waals surface area contributed by atoms with Gasteiger partial charge in [0.15, 0.2) is 0 Å². The van der Waals surface area contributed by atoms with Crippen LogP contribution in [0.15, 0.2) is 41.9 Å².